The molecule has 0 spiro atoms. The fourth-order valence-electron chi connectivity index (χ4n) is 2.72. The highest BCUT2D eigenvalue weighted by atomic mass is 16.8. The Morgan fingerprint density at radius 2 is 1.30 bits per heavy atom. The number of unbranched alkanes of at least 4 members (excludes halogenated alkanes) is 5. The first-order valence-corrected chi connectivity index (χ1v) is 8.64. The molecule has 0 bridgehead atoms. The van der Waals surface area contributed by atoms with Crippen molar-refractivity contribution in [1.29, 1.82) is 0 Å². The molecule has 0 aromatic carbocycles. The lowest BCUT2D eigenvalue weighted by Crippen LogP contribution is -2.44. The van der Waals surface area contributed by atoms with E-state index >= 15 is 0 Å². The van der Waals surface area contributed by atoms with Crippen LogP contribution < -0.4 is 0 Å². The van der Waals surface area contributed by atoms with Gasteiger partial charge in [-0.3, -0.25) is 0 Å². The van der Waals surface area contributed by atoms with Gasteiger partial charge in [-0.25, -0.2) is 0 Å². The van der Waals surface area contributed by atoms with E-state index in [-0.39, 0.29) is 5.92 Å². The van der Waals surface area contributed by atoms with E-state index in [2.05, 4.69) is 13.8 Å². The quantitative estimate of drug-likeness (QED) is 0.366. The minimum absolute atomic E-state index is 0.0820. The number of hydrogen-bond acceptors (Lipinski definition) is 3. The van der Waals surface area contributed by atoms with Gasteiger partial charge in [0.2, 0.25) is 0 Å². The van der Waals surface area contributed by atoms with Crippen LogP contribution in [-0.4, -0.2) is 24.3 Å². The van der Waals surface area contributed by atoms with E-state index in [1.807, 2.05) is 13.8 Å². The maximum Gasteiger partial charge on any atom is 0.283 e. The number of aliphatic hydroxyl groups is 1. The van der Waals surface area contributed by atoms with Crippen molar-refractivity contribution in [1.82, 2.24) is 0 Å². The molecule has 0 saturated heterocycles. The van der Waals surface area contributed by atoms with E-state index in [1.54, 1.807) is 0 Å². The van der Waals surface area contributed by atoms with Crippen LogP contribution in [0.4, 0.5) is 0 Å². The van der Waals surface area contributed by atoms with Crippen molar-refractivity contribution >= 4 is 0 Å². The Kier molecular flexibility index (Phi) is 12.5. The van der Waals surface area contributed by atoms with E-state index in [1.165, 1.54) is 32.1 Å². The van der Waals surface area contributed by atoms with E-state index < -0.39 is 5.97 Å². The van der Waals surface area contributed by atoms with Crippen LogP contribution in [0.25, 0.3) is 0 Å². The summed E-state index contributed by atoms with van der Waals surface area (Å²) in [7, 11) is 0. The third-order valence-electron chi connectivity index (χ3n) is 3.76. The van der Waals surface area contributed by atoms with Gasteiger partial charge in [0.1, 0.15) is 0 Å². The third kappa shape index (κ3) is 8.23. The van der Waals surface area contributed by atoms with Crippen molar-refractivity contribution in [2.75, 3.05) is 13.2 Å². The summed E-state index contributed by atoms with van der Waals surface area (Å²) in [5.41, 5.74) is 0. The van der Waals surface area contributed by atoms with Crippen molar-refractivity contribution in [3.63, 3.8) is 0 Å². The summed E-state index contributed by atoms with van der Waals surface area (Å²) in [6.45, 7) is 9.14. The standard InChI is InChI=1S/C17H36O3/c1-5-9-10-11-12-13-15-16(14-6-2)17(18,19-7-3)20-8-4/h16,18H,5-15H2,1-4H3. The monoisotopic (exact) mass is 288 g/mol. The number of ether oxygens (including phenoxy) is 2. The molecular weight excluding hydrogens is 252 g/mol. The first-order chi connectivity index (χ1) is 9.64. The van der Waals surface area contributed by atoms with Gasteiger partial charge in [0.15, 0.2) is 0 Å². The summed E-state index contributed by atoms with van der Waals surface area (Å²) in [4.78, 5) is 0. The van der Waals surface area contributed by atoms with Crippen LogP contribution in [0.1, 0.15) is 85.5 Å². The van der Waals surface area contributed by atoms with Gasteiger partial charge in [0.05, 0.1) is 0 Å². The van der Waals surface area contributed by atoms with Gasteiger partial charge in [-0.15, -0.1) is 0 Å². The molecule has 0 aliphatic carbocycles. The highest BCUT2D eigenvalue weighted by molar-refractivity contribution is 4.70. The number of rotatable bonds is 14. The fourth-order valence-corrected chi connectivity index (χ4v) is 2.72. The largest absolute Gasteiger partial charge is 0.343 e. The molecule has 0 amide bonds. The average Bonchev–Trinajstić information content (AvgIpc) is 2.42. The van der Waals surface area contributed by atoms with E-state index in [9.17, 15) is 5.11 Å². The molecule has 1 unspecified atom stereocenters. The highest BCUT2D eigenvalue weighted by Gasteiger charge is 2.37. The summed E-state index contributed by atoms with van der Waals surface area (Å²) in [5, 5.41) is 10.6. The summed E-state index contributed by atoms with van der Waals surface area (Å²) in [5.74, 6) is -1.30. The first-order valence-electron chi connectivity index (χ1n) is 8.64. The normalized spacial score (nSPS) is 13.7. The van der Waals surface area contributed by atoms with Crippen molar-refractivity contribution < 1.29 is 14.6 Å². The lowest BCUT2D eigenvalue weighted by molar-refractivity contribution is -0.385. The highest BCUT2D eigenvalue weighted by Crippen LogP contribution is 2.30. The van der Waals surface area contributed by atoms with Gasteiger partial charge in [-0.2, -0.15) is 0 Å². The predicted molar refractivity (Wildman–Crippen MR) is 84.6 cm³/mol. The van der Waals surface area contributed by atoms with Crippen molar-refractivity contribution in [2.24, 2.45) is 5.92 Å². The van der Waals surface area contributed by atoms with Gasteiger partial charge >= 0.3 is 0 Å². The minimum Gasteiger partial charge on any atom is -0.343 e. The Balaban J connectivity index is 4.22. The smallest absolute Gasteiger partial charge is 0.283 e. The maximum atomic E-state index is 10.6. The average molecular weight is 288 g/mol. The fraction of sp³-hybridized carbons (Fsp3) is 1.00. The Morgan fingerprint density at radius 3 is 1.80 bits per heavy atom. The second kappa shape index (κ2) is 12.6. The third-order valence-corrected chi connectivity index (χ3v) is 3.76. The molecule has 3 heteroatoms. The van der Waals surface area contributed by atoms with Gasteiger partial charge in [-0.1, -0.05) is 58.8 Å². The second-order valence-electron chi connectivity index (χ2n) is 5.54. The Labute approximate surface area is 126 Å². The molecule has 1 N–H and O–H groups in total. The molecule has 1 atom stereocenters. The van der Waals surface area contributed by atoms with Crippen molar-refractivity contribution in [3.05, 3.63) is 0 Å². The molecule has 0 rings (SSSR count). The Morgan fingerprint density at radius 1 is 0.750 bits per heavy atom. The van der Waals surface area contributed by atoms with Crippen LogP contribution in [0, 0.1) is 5.92 Å². The minimum atomic E-state index is -1.39. The molecule has 0 heterocycles. The summed E-state index contributed by atoms with van der Waals surface area (Å²) in [6, 6.07) is 0. The SMILES string of the molecule is CCCCCCCCC(CCC)C(O)(OCC)OCC. The summed E-state index contributed by atoms with van der Waals surface area (Å²) < 4.78 is 11.0. The maximum absolute atomic E-state index is 10.6. The molecule has 0 radical (unpaired) electrons. The lowest BCUT2D eigenvalue weighted by Gasteiger charge is -2.35. The Bertz CT molecular complexity index is 200. The molecule has 0 aromatic rings. The lowest BCUT2D eigenvalue weighted by atomic mass is 9.93. The molecule has 0 aromatic heterocycles. The molecule has 0 fully saturated rings. The number of hydrogen-bond donors (Lipinski definition) is 1. The molecule has 3 nitrogen and oxygen atoms in total. The van der Waals surface area contributed by atoms with E-state index in [4.69, 9.17) is 9.47 Å². The zero-order valence-corrected chi connectivity index (χ0v) is 14.1. The van der Waals surface area contributed by atoms with Crippen LogP contribution in [0.5, 0.6) is 0 Å². The molecule has 20 heavy (non-hydrogen) atoms. The molecular formula is C17H36O3. The molecule has 0 aliphatic heterocycles. The molecule has 122 valence electrons. The first kappa shape index (κ1) is 19.9. The molecule has 0 aliphatic rings. The van der Waals surface area contributed by atoms with Crippen LogP contribution >= 0.6 is 0 Å². The van der Waals surface area contributed by atoms with Crippen molar-refractivity contribution in [3.8, 4) is 0 Å². The van der Waals surface area contributed by atoms with Crippen LogP contribution in [0.15, 0.2) is 0 Å². The van der Waals surface area contributed by atoms with Crippen LogP contribution in [-0.2, 0) is 9.47 Å². The second-order valence-corrected chi connectivity index (χ2v) is 5.54. The van der Waals surface area contributed by atoms with Crippen molar-refractivity contribution in [2.45, 2.75) is 91.5 Å². The van der Waals surface area contributed by atoms with E-state index in [0.29, 0.717) is 13.2 Å². The predicted octanol–water partition coefficient (Wildman–Crippen LogP) is 4.87. The topological polar surface area (TPSA) is 38.7 Å². The molecule has 0 saturated carbocycles. The van der Waals surface area contributed by atoms with Crippen LogP contribution in [0.3, 0.4) is 0 Å². The van der Waals surface area contributed by atoms with Gasteiger partial charge < -0.3 is 14.6 Å². The van der Waals surface area contributed by atoms with E-state index in [0.717, 1.165) is 25.7 Å². The zero-order chi connectivity index (χ0) is 15.3. The zero-order valence-electron chi connectivity index (χ0n) is 14.1. The summed E-state index contributed by atoms with van der Waals surface area (Å²) in [6.07, 6.45) is 10.6. The van der Waals surface area contributed by atoms with Gasteiger partial charge in [-0.05, 0) is 26.7 Å². The van der Waals surface area contributed by atoms with Gasteiger partial charge in [0, 0.05) is 19.1 Å². The Hall–Kier alpha value is -0.120. The van der Waals surface area contributed by atoms with Crippen LogP contribution in [0.2, 0.25) is 0 Å². The summed E-state index contributed by atoms with van der Waals surface area (Å²) >= 11 is 0. The van der Waals surface area contributed by atoms with Gasteiger partial charge in [0.25, 0.3) is 5.97 Å².